The van der Waals surface area contributed by atoms with Crippen molar-refractivity contribution in [2.75, 3.05) is 0 Å². The molecule has 0 aromatic carbocycles. The number of H-pyrrole nitrogens is 2. The predicted octanol–water partition coefficient (Wildman–Crippen LogP) is 1.04. The Morgan fingerprint density at radius 2 is 2.55 bits per heavy atom. The Morgan fingerprint density at radius 1 is 1.82 bits per heavy atom. The van der Waals surface area contributed by atoms with E-state index in [1.807, 2.05) is 0 Å². The summed E-state index contributed by atoms with van der Waals surface area (Å²) in [6.07, 6.45) is 2.43. The lowest BCUT2D eigenvalue weighted by molar-refractivity contribution is 0.706. The van der Waals surface area contributed by atoms with Crippen molar-refractivity contribution in [2.24, 2.45) is 5.73 Å². The Balaban J connectivity index is 2.83. The highest BCUT2D eigenvalue weighted by Crippen LogP contribution is 2.10. The van der Waals surface area contributed by atoms with Crippen LogP contribution in [-0.4, -0.2) is 15.4 Å². The average molecular weight is 170 g/mol. The molecule has 0 saturated heterocycles. The maximum Gasteiger partial charge on any atom is 0.144 e. The number of rotatable bonds is 3. The molecule has 60 valence electrons. The molecule has 1 heterocycles. The molecular formula is C6H10N4S. The zero-order valence-electron chi connectivity index (χ0n) is 6.00. The van der Waals surface area contributed by atoms with Crippen LogP contribution in [0.1, 0.15) is 18.2 Å². The molecule has 0 radical (unpaired) electrons. The van der Waals surface area contributed by atoms with Crippen molar-refractivity contribution in [2.45, 2.75) is 12.5 Å². The van der Waals surface area contributed by atoms with E-state index >= 15 is 0 Å². The SMILES string of the molecule is C=CCC(N)c1n[nH][nH]c1=S. The van der Waals surface area contributed by atoms with E-state index in [1.165, 1.54) is 0 Å². The van der Waals surface area contributed by atoms with Crippen molar-refractivity contribution in [1.29, 1.82) is 0 Å². The number of nitrogens with two attached hydrogens (primary N) is 1. The third-order valence-electron chi connectivity index (χ3n) is 1.35. The summed E-state index contributed by atoms with van der Waals surface area (Å²) in [7, 11) is 0. The lowest BCUT2D eigenvalue weighted by Gasteiger charge is -2.01. The number of hydrogen-bond donors (Lipinski definition) is 3. The summed E-state index contributed by atoms with van der Waals surface area (Å²) >= 11 is 4.91. The third kappa shape index (κ3) is 1.75. The van der Waals surface area contributed by atoms with Gasteiger partial charge in [-0.15, -0.1) is 6.58 Å². The van der Waals surface area contributed by atoms with Gasteiger partial charge in [-0.2, -0.15) is 5.10 Å². The molecule has 1 atom stereocenters. The fourth-order valence-corrected chi connectivity index (χ4v) is 1.04. The number of aromatic amines is 2. The van der Waals surface area contributed by atoms with Gasteiger partial charge in [0.05, 0.1) is 6.04 Å². The van der Waals surface area contributed by atoms with E-state index in [0.29, 0.717) is 16.8 Å². The minimum Gasteiger partial charge on any atom is -0.322 e. The van der Waals surface area contributed by atoms with Crippen LogP contribution in [0.3, 0.4) is 0 Å². The molecule has 1 unspecified atom stereocenters. The van der Waals surface area contributed by atoms with E-state index in [2.05, 4.69) is 22.0 Å². The summed E-state index contributed by atoms with van der Waals surface area (Å²) < 4.78 is 0.569. The van der Waals surface area contributed by atoms with Gasteiger partial charge in [-0.05, 0) is 6.42 Å². The van der Waals surface area contributed by atoms with E-state index in [1.54, 1.807) is 6.08 Å². The van der Waals surface area contributed by atoms with Gasteiger partial charge in [0, 0.05) is 0 Å². The molecule has 1 aromatic rings. The maximum atomic E-state index is 5.71. The van der Waals surface area contributed by atoms with Gasteiger partial charge in [0.1, 0.15) is 10.3 Å². The fraction of sp³-hybridized carbons (Fsp3) is 0.333. The molecule has 1 aromatic heterocycles. The minimum atomic E-state index is -0.150. The molecule has 0 spiro atoms. The second kappa shape index (κ2) is 3.45. The molecule has 0 saturated carbocycles. The van der Waals surface area contributed by atoms with Gasteiger partial charge in [0.25, 0.3) is 0 Å². The van der Waals surface area contributed by atoms with Crippen LogP contribution in [0.15, 0.2) is 12.7 Å². The third-order valence-corrected chi connectivity index (χ3v) is 1.66. The van der Waals surface area contributed by atoms with Crippen molar-refractivity contribution in [3.63, 3.8) is 0 Å². The number of hydrogen-bond acceptors (Lipinski definition) is 3. The second-order valence-corrected chi connectivity index (χ2v) is 2.60. The molecule has 0 amide bonds. The Hall–Kier alpha value is -0.940. The second-order valence-electron chi connectivity index (χ2n) is 2.19. The molecule has 0 bridgehead atoms. The van der Waals surface area contributed by atoms with E-state index in [-0.39, 0.29) is 6.04 Å². The summed E-state index contributed by atoms with van der Waals surface area (Å²) in [4.78, 5) is 0. The predicted molar refractivity (Wildman–Crippen MR) is 45.5 cm³/mol. The van der Waals surface area contributed by atoms with E-state index in [4.69, 9.17) is 18.0 Å². The van der Waals surface area contributed by atoms with Crippen LogP contribution in [0, 0.1) is 4.64 Å². The lowest BCUT2D eigenvalue weighted by atomic mass is 10.2. The lowest BCUT2D eigenvalue weighted by Crippen LogP contribution is -2.09. The zero-order valence-corrected chi connectivity index (χ0v) is 6.82. The van der Waals surface area contributed by atoms with Gasteiger partial charge in [-0.1, -0.05) is 18.3 Å². The van der Waals surface area contributed by atoms with Gasteiger partial charge in [-0.25, -0.2) is 5.21 Å². The summed E-state index contributed by atoms with van der Waals surface area (Å²) in [6, 6.07) is -0.150. The fourth-order valence-electron chi connectivity index (χ4n) is 0.796. The van der Waals surface area contributed by atoms with Crippen LogP contribution in [0.2, 0.25) is 0 Å². The van der Waals surface area contributed by atoms with E-state index < -0.39 is 0 Å². The summed E-state index contributed by atoms with van der Waals surface area (Å²) in [5, 5.41) is 9.09. The molecule has 5 heteroatoms. The minimum absolute atomic E-state index is 0.150. The first-order valence-electron chi connectivity index (χ1n) is 3.25. The molecular weight excluding hydrogens is 160 g/mol. The quantitative estimate of drug-likeness (QED) is 0.469. The summed E-state index contributed by atoms with van der Waals surface area (Å²) in [6.45, 7) is 3.58. The summed E-state index contributed by atoms with van der Waals surface area (Å²) in [5.41, 5.74) is 6.40. The Morgan fingerprint density at radius 3 is 3.00 bits per heavy atom. The first-order chi connectivity index (χ1) is 5.25. The van der Waals surface area contributed by atoms with Crippen molar-refractivity contribution in [3.8, 4) is 0 Å². The number of aromatic nitrogens is 3. The van der Waals surface area contributed by atoms with Crippen LogP contribution >= 0.6 is 12.2 Å². The van der Waals surface area contributed by atoms with Gasteiger partial charge in [0.15, 0.2) is 0 Å². The largest absolute Gasteiger partial charge is 0.322 e. The molecule has 0 aliphatic rings. The Kier molecular flexibility index (Phi) is 2.56. The van der Waals surface area contributed by atoms with E-state index in [9.17, 15) is 0 Å². The van der Waals surface area contributed by atoms with Gasteiger partial charge in [0.2, 0.25) is 0 Å². The molecule has 4 N–H and O–H groups in total. The standard InChI is InChI=1S/C6H10N4S/c1-2-3-4(7)5-6(11)9-10-8-5/h2,4H,1,3,7H2,(H2,8,9,10,11). The van der Waals surface area contributed by atoms with Crippen molar-refractivity contribution in [1.82, 2.24) is 15.4 Å². The van der Waals surface area contributed by atoms with Crippen molar-refractivity contribution >= 4 is 12.2 Å². The molecule has 11 heavy (non-hydrogen) atoms. The van der Waals surface area contributed by atoms with Crippen LogP contribution in [0.25, 0.3) is 0 Å². The highest BCUT2D eigenvalue weighted by Gasteiger charge is 2.07. The normalized spacial score (nSPS) is 12.8. The smallest absolute Gasteiger partial charge is 0.144 e. The maximum absolute atomic E-state index is 5.71. The number of nitrogens with one attached hydrogen (secondary N) is 2. The first-order valence-corrected chi connectivity index (χ1v) is 3.66. The number of nitrogens with zero attached hydrogens (tertiary/aromatic N) is 1. The van der Waals surface area contributed by atoms with Crippen LogP contribution < -0.4 is 5.73 Å². The van der Waals surface area contributed by atoms with Crippen LogP contribution in [-0.2, 0) is 0 Å². The average Bonchev–Trinajstić information content (AvgIpc) is 2.36. The van der Waals surface area contributed by atoms with E-state index in [0.717, 1.165) is 0 Å². The molecule has 0 aliphatic carbocycles. The van der Waals surface area contributed by atoms with Gasteiger partial charge < -0.3 is 5.73 Å². The Labute approximate surface area is 69.5 Å². The van der Waals surface area contributed by atoms with Crippen molar-refractivity contribution in [3.05, 3.63) is 23.0 Å². The zero-order chi connectivity index (χ0) is 8.27. The van der Waals surface area contributed by atoms with Gasteiger partial charge in [-0.3, -0.25) is 5.10 Å². The highest BCUT2D eigenvalue weighted by atomic mass is 32.1. The molecule has 0 aliphatic heterocycles. The molecule has 1 rings (SSSR count). The first kappa shape index (κ1) is 8.16. The van der Waals surface area contributed by atoms with Crippen molar-refractivity contribution < 1.29 is 0 Å². The van der Waals surface area contributed by atoms with Crippen LogP contribution in [0.4, 0.5) is 0 Å². The van der Waals surface area contributed by atoms with Crippen LogP contribution in [0.5, 0.6) is 0 Å². The topological polar surface area (TPSA) is 70.5 Å². The molecule has 0 fully saturated rings. The highest BCUT2D eigenvalue weighted by molar-refractivity contribution is 7.71. The molecule has 4 nitrogen and oxygen atoms in total. The Bertz CT molecular complexity index is 287. The summed E-state index contributed by atoms with van der Waals surface area (Å²) in [5.74, 6) is 0. The monoisotopic (exact) mass is 170 g/mol. The van der Waals surface area contributed by atoms with Gasteiger partial charge >= 0.3 is 0 Å².